The highest BCUT2D eigenvalue weighted by atomic mass is 79.9. The van der Waals surface area contributed by atoms with E-state index in [4.69, 9.17) is 25.1 Å². The Hall–Kier alpha value is -6.81. The molecule has 122 heavy (non-hydrogen) atoms. The minimum Gasteiger partial charge on any atom is -0.508 e. The summed E-state index contributed by atoms with van der Waals surface area (Å²) in [6.07, 6.45) is 38.1. The van der Waals surface area contributed by atoms with E-state index in [9.17, 15) is 18.6 Å². The molecule has 4 aliphatic carbocycles. The minimum absolute atomic E-state index is 0. The largest absolute Gasteiger partial charge is 0.508 e. The first-order valence-corrected chi connectivity index (χ1v) is 49.4. The van der Waals surface area contributed by atoms with Gasteiger partial charge in [-0.15, -0.1) is 47.3 Å². The maximum atomic E-state index is 10.7. The summed E-state index contributed by atoms with van der Waals surface area (Å²) in [4.78, 5) is 2.58. The van der Waals surface area contributed by atoms with Crippen LogP contribution in [0.15, 0.2) is 243 Å². The van der Waals surface area contributed by atoms with Crippen molar-refractivity contribution < 1.29 is 42.1 Å². The van der Waals surface area contributed by atoms with Gasteiger partial charge in [0, 0.05) is 30.8 Å². The van der Waals surface area contributed by atoms with E-state index < -0.39 is 10.1 Å². The molecule has 0 aromatic heterocycles. The van der Waals surface area contributed by atoms with Crippen molar-refractivity contribution >= 4 is 60.6 Å². The topological polar surface area (TPSA) is 185 Å². The maximum Gasteiger partial charge on any atom is 0.369 e. The molecule has 13 nitrogen and oxygen atoms in total. The van der Waals surface area contributed by atoms with Crippen molar-refractivity contribution in [2.75, 3.05) is 67.5 Å². The van der Waals surface area contributed by atoms with Gasteiger partial charge < -0.3 is 50.8 Å². The summed E-state index contributed by atoms with van der Waals surface area (Å²) in [6, 6.07) is 86.1. The Balaban J connectivity index is 0.000000228. The van der Waals surface area contributed by atoms with Gasteiger partial charge in [0.05, 0.1) is 34.2 Å². The molecule has 9 aromatic carbocycles. The van der Waals surface area contributed by atoms with Crippen LogP contribution < -0.4 is 30.6 Å². The van der Waals surface area contributed by atoms with Crippen LogP contribution in [0, 0.1) is 0 Å². The SMILES string of the molecule is BrB(Br)Br.C.CN(CCCCc1ccc(O)cc1)C1CCC(c2ccccc2)CC1.COc1ccc(CCCCNC2CCC(c3ccccc3)CC2)cc1.COc1ccc(CCCCO)cc1.COc1ccc(CCCCOS(C)(=O)=O)cc1.NC1CCC(c2ccccc2)CC1.Oc1ccc(CCCCNC2CCC(c3ccccc3)CC2)cc1. The van der Waals surface area contributed by atoms with Gasteiger partial charge >= 0.3 is 3.18 Å². The van der Waals surface area contributed by atoms with Crippen molar-refractivity contribution in [1.82, 2.24) is 15.5 Å². The van der Waals surface area contributed by atoms with Gasteiger partial charge in [-0.05, 0) is 360 Å². The highest BCUT2D eigenvalue weighted by Crippen LogP contribution is 2.37. The number of halogens is 3. The monoisotopic (exact) mass is 1870 g/mol. The number of aryl methyl sites for hydroxylation is 5. The standard InChI is InChI=1S/2C23H31NO.C22H29NO.C12H17N.C12H18O4S.C11H16O2.CH4.BBr3/c1-25-23-16-10-19(11-17-23)7-5-6-18-24-22-14-12-21(13-15-22)20-8-3-2-4-9-20;1-24(18-6-5-7-19-10-16-23(25)17-11-19)22-14-12-21(13-15-22)20-8-3-2-4-9-20;24-22-15-9-18(10-16-22)6-4-5-17-23-21-13-11-20(12-14-21)19-7-2-1-3-8-19;13-12-8-6-11(7-9-12)10-4-2-1-3-5-10;1-15-12-8-6-11(7-9-12)5-3-4-10-16-17(2,13)14;1-13-11-7-5-10(6-8-11)4-2-3-9-12;;2-1(3)4/h2-4,8-11,16-17,21-22,24H,5-7,12-15,18H2,1H3;2-4,8-11,16-17,21-22,25H,5-7,12-15,18H2,1H3;1-3,7-10,15-16,20-21,23-24H,4-6,11-14,17H2;1-5,11-12H,6-9,13H2;6-9H,3-5,10H2,1-2H3;5-8,12H,2-4,9H2,1H3;1H4;. The molecular formula is C104H146BBr3N4O9S. The van der Waals surface area contributed by atoms with E-state index in [2.05, 4.69) is 232 Å². The van der Waals surface area contributed by atoms with Crippen LogP contribution in [0.1, 0.15) is 248 Å². The lowest BCUT2D eigenvalue weighted by molar-refractivity contribution is 0.180. The molecule has 0 aliphatic heterocycles. The summed E-state index contributed by atoms with van der Waals surface area (Å²) in [5.74, 6) is 6.45. The third-order valence-corrected chi connectivity index (χ3v) is 24.5. The van der Waals surface area contributed by atoms with Gasteiger partial charge in [-0.1, -0.05) is 189 Å². The Kier molecular flexibility index (Phi) is 53.1. The number of nitrogens with two attached hydrogens (primary N) is 1. The van der Waals surface area contributed by atoms with Crippen molar-refractivity contribution in [3.05, 3.63) is 293 Å². The fraction of sp³-hybridized carbons (Fsp3) is 0.481. The molecule has 9 aromatic rings. The first-order chi connectivity index (χ1) is 58.8. The number of methoxy groups -OCH3 is 3. The van der Waals surface area contributed by atoms with E-state index in [-0.39, 0.29) is 23.8 Å². The lowest BCUT2D eigenvalue weighted by Crippen LogP contribution is -2.35. The van der Waals surface area contributed by atoms with Gasteiger partial charge in [0.1, 0.15) is 28.7 Å². The molecule has 0 radical (unpaired) electrons. The average molecular weight is 1880 g/mol. The number of hydrogen-bond acceptors (Lipinski definition) is 13. The molecule has 0 amide bonds. The van der Waals surface area contributed by atoms with Gasteiger partial charge in [0.2, 0.25) is 0 Å². The summed E-state index contributed by atoms with van der Waals surface area (Å²) in [5, 5.41) is 34.8. The number of unbranched alkanes of at least 4 members (excludes halogenated alkanes) is 5. The van der Waals surface area contributed by atoms with Crippen molar-refractivity contribution in [3.63, 3.8) is 0 Å². The van der Waals surface area contributed by atoms with Crippen molar-refractivity contribution in [2.24, 2.45) is 5.73 Å². The van der Waals surface area contributed by atoms with Crippen molar-refractivity contribution in [1.29, 1.82) is 0 Å². The molecule has 13 rings (SSSR count). The molecule has 18 heteroatoms. The molecule has 0 atom stereocenters. The van der Waals surface area contributed by atoms with E-state index in [1.165, 1.54) is 198 Å². The lowest BCUT2D eigenvalue weighted by Gasteiger charge is -2.35. The second kappa shape index (κ2) is 62.3. The van der Waals surface area contributed by atoms with Crippen molar-refractivity contribution in [2.45, 2.75) is 254 Å². The zero-order chi connectivity index (χ0) is 86.3. The van der Waals surface area contributed by atoms with E-state index in [0.717, 1.165) is 130 Å². The average Bonchev–Trinajstić information content (AvgIpc) is 0.856. The number of phenols is 2. The fourth-order valence-electron chi connectivity index (χ4n) is 16.6. The Morgan fingerprint density at radius 2 is 0.656 bits per heavy atom. The zero-order valence-corrected chi connectivity index (χ0v) is 78.7. The summed E-state index contributed by atoms with van der Waals surface area (Å²) in [7, 11) is 4.03. The number of nitrogens with zero attached hydrogens (tertiary/aromatic N) is 1. The van der Waals surface area contributed by atoms with E-state index in [0.29, 0.717) is 23.6 Å². The molecular weight excluding hydrogens is 1730 g/mol. The zero-order valence-electron chi connectivity index (χ0n) is 73.1. The predicted octanol–water partition coefficient (Wildman–Crippen LogP) is 25.2. The number of phenolic OH excluding ortho intramolecular Hbond substituents is 2. The predicted molar refractivity (Wildman–Crippen MR) is 526 cm³/mol. The van der Waals surface area contributed by atoms with Crippen LogP contribution in [0.5, 0.6) is 28.7 Å². The second-order valence-corrected chi connectivity index (χ2v) is 41.0. The summed E-state index contributed by atoms with van der Waals surface area (Å²) in [6.45, 7) is 4.01. The highest BCUT2D eigenvalue weighted by molar-refractivity contribution is 9.69. The van der Waals surface area contributed by atoms with Crippen LogP contribution >= 0.6 is 47.3 Å². The molecule has 0 spiro atoms. The fourth-order valence-corrected chi connectivity index (χ4v) is 17.1. The summed E-state index contributed by atoms with van der Waals surface area (Å²) < 4.78 is 41.6. The number of aliphatic hydroxyl groups is 1. The molecule has 4 fully saturated rings. The van der Waals surface area contributed by atoms with Gasteiger partial charge in [-0.3, -0.25) is 4.18 Å². The van der Waals surface area contributed by atoms with Crippen molar-refractivity contribution in [3.8, 4) is 28.7 Å². The molecule has 4 saturated carbocycles. The Bertz CT molecular complexity index is 4140. The number of rotatable bonds is 35. The van der Waals surface area contributed by atoms with Crippen LogP contribution in [0.2, 0.25) is 0 Å². The van der Waals surface area contributed by atoms with Gasteiger partial charge in [-0.2, -0.15) is 8.42 Å². The van der Waals surface area contributed by atoms with Gasteiger partial charge in [0.15, 0.2) is 0 Å². The molecule has 7 N–H and O–H groups in total. The third kappa shape index (κ3) is 44.9. The third-order valence-electron chi connectivity index (χ3n) is 23.9. The first kappa shape index (κ1) is 104. The van der Waals surface area contributed by atoms with Gasteiger partial charge in [0.25, 0.3) is 10.1 Å². The first-order valence-electron chi connectivity index (χ1n) is 44.8. The minimum atomic E-state index is -3.29. The number of benzene rings is 9. The lowest BCUT2D eigenvalue weighted by atomic mass is 9.81. The summed E-state index contributed by atoms with van der Waals surface area (Å²) >= 11 is 9.31. The Labute approximate surface area is 761 Å². The van der Waals surface area contributed by atoms with Crippen LogP contribution in [0.4, 0.5) is 0 Å². The number of aliphatic hydroxyl groups excluding tert-OH is 1. The highest BCUT2D eigenvalue weighted by Gasteiger charge is 2.26. The Morgan fingerprint density at radius 3 is 0.951 bits per heavy atom. The number of hydrogen-bond donors (Lipinski definition) is 6. The molecule has 666 valence electrons. The quantitative estimate of drug-likeness (QED) is 0.0125. The number of aromatic hydroxyl groups is 2. The molecule has 0 saturated heterocycles. The van der Waals surface area contributed by atoms with E-state index in [1.54, 1.807) is 45.6 Å². The Morgan fingerprint density at radius 1 is 0.385 bits per heavy atom. The van der Waals surface area contributed by atoms with Crippen LogP contribution in [-0.4, -0.2) is 123 Å². The maximum absolute atomic E-state index is 10.7. The normalized spacial score (nSPS) is 18.5. The van der Waals surface area contributed by atoms with E-state index in [1.807, 2.05) is 60.7 Å². The van der Waals surface area contributed by atoms with Crippen LogP contribution in [0.3, 0.4) is 0 Å². The molecule has 0 unspecified atom stereocenters. The number of nitrogens with one attached hydrogen (secondary N) is 2. The van der Waals surface area contributed by atoms with E-state index >= 15 is 0 Å². The van der Waals surface area contributed by atoms with Crippen LogP contribution in [0.25, 0.3) is 0 Å². The number of ether oxygens (including phenoxy) is 3. The smallest absolute Gasteiger partial charge is 0.369 e. The van der Waals surface area contributed by atoms with Crippen LogP contribution in [-0.2, 0) is 46.4 Å². The molecule has 0 heterocycles. The summed E-state index contributed by atoms with van der Waals surface area (Å²) in [5.41, 5.74) is 18.5. The second-order valence-electron chi connectivity index (χ2n) is 32.9. The van der Waals surface area contributed by atoms with Gasteiger partial charge in [-0.25, -0.2) is 0 Å². The molecule has 4 aliphatic rings. The molecule has 0 bridgehead atoms.